The van der Waals surface area contributed by atoms with E-state index in [4.69, 9.17) is 4.98 Å². The van der Waals surface area contributed by atoms with E-state index in [1.807, 2.05) is 13.2 Å². The number of H-pyrrole nitrogens is 1. The van der Waals surface area contributed by atoms with E-state index in [0.717, 1.165) is 23.7 Å². The van der Waals surface area contributed by atoms with Gasteiger partial charge in [0, 0.05) is 24.0 Å². The summed E-state index contributed by atoms with van der Waals surface area (Å²) in [5.41, 5.74) is 3.35. The predicted molar refractivity (Wildman–Crippen MR) is 74.8 cm³/mol. The highest BCUT2D eigenvalue weighted by molar-refractivity contribution is 5.82. The van der Waals surface area contributed by atoms with Crippen molar-refractivity contribution in [2.75, 3.05) is 7.05 Å². The molecule has 2 rings (SSSR count). The topological polar surface area (TPSA) is 53.6 Å². The molecule has 0 radical (unpaired) electrons. The Hall–Kier alpha value is -1.42. The molecule has 0 aromatic carbocycles. The average Bonchev–Trinajstić information content (AvgIpc) is 2.71. The number of aromatic amines is 1. The molecule has 98 valence electrons. The van der Waals surface area contributed by atoms with E-state index in [9.17, 15) is 0 Å². The largest absolute Gasteiger partial charge is 0.346 e. The van der Waals surface area contributed by atoms with Crippen LogP contribution < -0.4 is 5.32 Å². The Morgan fingerprint density at radius 1 is 1.17 bits per heavy atom. The monoisotopic (exact) mass is 246 g/mol. The molecule has 0 saturated heterocycles. The molecule has 0 aliphatic heterocycles. The third-order valence-electron chi connectivity index (χ3n) is 3.09. The number of nitrogens with one attached hydrogen (secondary N) is 2. The first kappa shape index (κ1) is 13.0. The van der Waals surface area contributed by atoms with Gasteiger partial charge in [0.05, 0.1) is 5.69 Å². The standard InChI is InChI=1S/C14H22N4/c1-8(2)12-11-10(6-15-5)7-16-14(11)18-13(17-12)9(3)4/h7-9,15H,6H2,1-5H3,(H,16,17,18). The Labute approximate surface area is 108 Å². The van der Waals surface area contributed by atoms with E-state index >= 15 is 0 Å². The molecule has 0 amide bonds. The quantitative estimate of drug-likeness (QED) is 0.872. The van der Waals surface area contributed by atoms with Crippen LogP contribution in [0.25, 0.3) is 11.0 Å². The first-order chi connectivity index (χ1) is 8.54. The fourth-order valence-electron chi connectivity index (χ4n) is 2.15. The molecule has 0 unspecified atom stereocenters. The van der Waals surface area contributed by atoms with Crippen LogP contribution >= 0.6 is 0 Å². The van der Waals surface area contributed by atoms with Gasteiger partial charge in [-0.2, -0.15) is 0 Å². The van der Waals surface area contributed by atoms with Crippen molar-refractivity contribution in [3.63, 3.8) is 0 Å². The Bertz CT molecular complexity index is 540. The van der Waals surface area contributed by atoms with E-state index < -0.39 is 0 Å². The summed E-state index contributed by atoms with van der Waals surface area (Å²) >= 11 is 0. The molecule has 4 heteroatoms. The molecule has 0 aliphatic carbocycles. The minimum Gasteiger partial charge on any atom is -0.346 e. The summed E-state index contributed by atoms with van der Waals surface area (Å²) in [7, 11) is 1.96. The lowest BCUT2D eigenvalue weighted by molar-refractivity contribution is 0.740. The first-order valence-electron chi connectivity index (χ1n) is 6.57. The number of aromatic nitrogens is 3. The lowest BCUT2D eigenvalue weighted by atomic mass is 10.0. The van der Waals surface area contributed by atoms with Crippen LogP contribution in [0.5, 0.6) is 0 Å². The van der Waals surface area contributed by atoms with Gasteiger partial charge in [0.15, 0.2) is 0 Å². The maximum absolute atomic E-state index is 4.76. The van der Waals surface area contributed by atoms with Gasteiger partial charge in [0.2, 0.25) is 0 Å². The van der Waals surface area contributed by atoms with Gasteiger partial charge in [-0.05, 0) is 18.5 Å². The number of hydrogen-bond acceptors (Lipinski definition) is 3. The molecule has 0 bridgehead atoms. The van der Waals surface area contributed by atoms with E-state index in [1.54, 1.807) is 0 Å². The van der Waals surface area contributed by atoms with Gasteiger partial charge in [0.25, 0.3) is 0 Å². The summed E-state index contributed by atoms with van der Waals surface area (Å²) in [4.78, 5) is 12.7. The zero-order valence-corrected chi connectivity index (χ0v) is 11.8. The fraction of sp³-hybridized carbons (Fsp3) is 0.571. The third kappa shape index (κ3) is 2.25. The van der Waals surface area contributed by atoms with Crippen LogP contribution in [0.1, 0.15) is 56.6 Å². The number of nitrogens with zero attached hydrogens (tertiary/aromatic N) is 2. The fourth-order valence-corrected chi connectivity index (χ4v) is 2.15. The molecule has 0 aliphatic rings. The summed E-state index contributed by atoms with van der Waals surface area (Å²) in [6.45, 7) is 9.46. The van der Waals surface area contributed by atoms with Crippen molar-refractivity contribution in [1.29, 1.82) is 0 Å². The molecule has 2 heterocycles. The van der Waals surface area contributed by atoms with Crippen molar-refractivity contribution in [3.05, 3.63) is 23.3 Å². The Morgan fingerprint density at radius 2 is 1.89 bits per heavy atom. The highest BCUT2D eigenvalue weighted by atomic mass is 15.0. The van der Waals surface area contributed by atoms with Gasteiger partial charge in [-0.1, -0.05) is 27.7 Å². The molecule has 2 aromatic rings. The number of fused-ring (bicyclic) bond motifs is 1. The average molecular weight is 246 g/mol. The Kier molecular flexibility index (Phi) is 3.66. The summed E-state index contributed by atoms with van der Waals surface area (Å²) < 4.78 is 0. The van der Waals surface area contributed by atoms with E-state index in [0.29, 0.717) is 11.8 Å². The highest BCUT2D eigenvalue weighted by Gasteiger charge is 2.16. The SMILES string of the molecule is CNCc1c[nH]c2nc(C(C)C)nc(C(C)C)c12. The second-order valence-corrected chi connectivity index (χ2v) is 5.34. The molecule has 18 heavy (non-hydrogen) atoms. The minimum atomic E-state index is 0.350. The lowest BCUT2D eigenvalue weighted by Gasteiger charge is -2.12. The van der Waals surface area contributed by atoms with Crippen LogP contribution in [0.2, 0.25) is 0 Å². The molecule has 4 nitrogen and oxygen atoms in total. The summed E-state index contributed by atoms with van der Waals surface area (Å²) in [6, 6.07) is 0. The minimum absolute atomic E-state index is 0.350. The second kappa shape index (κ2) is 5.06. The predicted octanol–water partition coefficient (Wildman–Crippen LogP) is 2.92. The lowest BCUT2D eigenvalue weighted by Crippen LogP contribution is -2.07. The van der Waals surface area contributed by atoms with Crippen LogP contribution in [0.15, 0.2) is 6.20 Å². The van der Waals surface area contributed by atoms with Crippen LogP contribution in [-0.4, -0.2) is 22.0 Å². The molecule has 2 N–H and O–H groups in total. The normalized spacial score (nSPS) is 11.9. The molecule has 2 aromatic heterocycles. The number of hydrogen-bond donors (Lipinski definition) is 2. The van der Waals surface area contributed by atoms with Crippen molar-refractivity contribution in [1.82, 2.24) is 20.3 Å². The molecule has 0 atom stereocenters. The zero-order chi connectivity index (χ0) is 13.3. The smallest absolute Gasteiger partial charge is 0.141 e. The summed E-state index contributed by atoms with van der Waals surface area (Å²) in [5, 5.41) is 4.37. The molecular weight excluding hydrogens is 224 g/mol. The molecular formula is C14H22N4. The zero-order valence-electron chi connectivity index (χ0n) is 11.8. The molecule has 0 fully saturated rings. The van der Waals surface area contributed by atoms with Gasteiger partial charge in [-0.15, -0.1) is 0 Å². The van der Waals surface area contributed by atoms with Gasteiger partial charge in [-0.25, -0.2) is 9.97 Å². The second-order valence-electron chi connectivity index (χ2n) is 5.34. The van der Waals surface area contributed by atoms with Crippen molar-refractivity contribution in [2.24, 2.45) is 0 Å². The van der Waals surface area contributed by atoms with E-state index in [1.165, 1.54) is 10.9 Å². The van der Waals surface area contributed by atoms with Gasteiger partial charge < -0.3 is 10.3 Å². The van der Waals surface area contributed by atoms with Crippen LogP contribution in [0, 0.1) is 0 Å². The van der Waals surface area contributed by atoms with Crippen molar-refractivity contribution < 1.29 is 0 Å². The maximum atomic E-state index is 4.76. The van der Waals surface area contributed by atoms with E-state index in [2.05, 4.69) is 43.0 Å². The Morgan fingerprint density at radius 3 is 2.44 bits per heavy atom. The van der Waals surface area contributed by atoms with Crippen molar-refractivity contribution >= 4 is 11.0 Å². The van der Waals surface area contributed by atoms with Gasteiger partial charge in [-0.3, -0.25) is 0 Å². The Balaban J connectivity index is 2.67. The highest BCUT2D eigenvalue weighted by Crippen LogP contribution is 2.27. The molecule has 0 spiro atoms. The van der Waals surface area contributed by atoms with Crippen molar-refractivity contribution in [3.8, 4) is 0 Å². The van der Waals surface area contributed by atoms with Crippen LogP contribution in [0.4, 0.5) is 0 Å². The number of rotatable bonds is 4. The van der Waals surface area contributed by atoms with Gasteiger partial charge in [0.1, 0.15) is 11.5 Å². The first-order valence-corrected chi connectivity index (χ1v) is 6.57. The molecule has 0 saturated carbocycles. The summed E-state index contributed by atoms with van der Waals surface area (Å²) in [6.07, 6.45) is 2.03. The maximum Gasteiger partial charge on any atom is 0.141 e. The van der Waals surface area contributed by atoms with E-state index in [-0.39, 0.29) is 0 Å². The van der Waals surface area contributed by atoms with Crippen LogP contribution in [-0.2, 0) is 6.54 Å². The van der Waals surface area contributed by atoms with Crippen LogP contribution in [0.3, 0.4) is 0 Å². The van der Waals surface area contributed by atoms with Gasteiger partial charge >= 0.3 is 0 Å². The summed E-state index contributed by atoms with van der Waals surface area (Å²) in [5.74, 6) is 1.67. The van der Waals surface area contributed by atoms with Crippen molar-refractivity contribution in [2.45, 2.75) is 46.1 Å². The third-order valence-corrected chi connectivity index (χ3v) is 3.09.